The maximum absolute atomic E-state index is 13.5. The van der Waals surface area contributed by atoms with Crippen LogP contribution >= 0.6 is 0 Å². The summed E-state index contributed by atoms with van der Waals surface area (Å²) in [4.78, 5) is 12.0. The third-order valence-corrected chi connectivity index (χ3v) is 3.14. The summed E-state index contributed by atoms with van der Waals surface area (Å²) < 4.78 is 31.4. The molecule has 110 valence electrons. The Labute approximate surface area is 121 Å². The maximum Gasteiger partial charge on any atom is 0.254 e. The van der Waals surface area contributed by atoms with Crippen LogP contribution in [0.25, 0.3) is 0 Å². The summed E-state index contributed by atoms with van der Waals surface area (Å²) in [6.07, 6.45) is 0. The molecular formula is C16H15F2NO2. The lowest BCUT2D eigenvalue weighted by atomic mass is 10.1. The van der Waals surface area contributed by atoms with Crippen LogP contribution in [0.15, 0.2) is 42.5 Å². The number of halogens is 2. The van der Waals surface area contributed by atoms with Crippen molar-refractivity contribution >= 4 is 5.91 Å². The largest absolute Gasteiger partial charge is 0.497 e. The SMILES string of the molecule is COc1ccc([C@H](C)NC(=O)c2ccc(F)cc2F)cc1. The van der Waals surface area contributed by atoms with E-state index in [-0.39, 0.29) is 11.6 Å². The Morgan fingerprint density at radius 2 is 1.81 bits per heavy atom. The van der Waals surface area contributed by atoms with Crippen LogP contribution in [0.2, 0.25) is 0 Å². The number of rotatable bonds is 4. The minimum Gasteiger partial charge on any atom is -0.497 e. The summed E-state index contributed by atoms with van der Waals surface area (Å²) in [7, 11) is 1.57. The van der Waals surface area contributed by atoms with Gasteiger partial charge in [-0.1, -0.05) is 12.1 Å². The highest BCUT2D eigenvalue weighted by molar-refractivity contribution is 5.94. The minimum atomic E-state index is -0.880. The zero-order valence-corrected chi connectivity index (χ0v) is 11.7. The maximum atomic E-state index is 13.5. The molecule has 0 spiro atoms. The molecule has 2 aromatic rings. The van der Waals surface area contributed by atoms with Gasteiger partial charge in [-0.05, 0) is 36.8 Å². The van der Waals surface area contributed by atoms with E-state index in [1.807, 2.05) is 12.1 Å². The van der Waals surface area contributed by atoms with Crippen molar-refractivity contribution in [1.29, 1.82) is 0 Å². The fraction of sp³-hybridized carbons (Fsp3) is 0.188. The molecule has 0 saturated heterocycles. The minimum absolute atomic E-state index is 0.184. The number of ether oxygens (including phenoxy) is 1. The lowest BCUT2D eigenvalue weighted by molar-refractivity contribution is 0.0935. The van der Waals surface area contributed by atoms with Gasteiger partial charge >= 0.3 is 0 Å². The predicted molar refractivity (Wildman–Crippen MR) is 75.2 cm³/mol. The number of nitrogens with one attached hydrogen (secondary N) is 1. The second-order valence-corrected chi connectivity index (χ2v) is 4.59. The zero-order chi connectivity index (χ0) is 15.4. The summed E-state index contributed by atoms with van der Waals surface area (Å²) in [5, 5.41) is 2.67. The van der Waals surface area contributed by atoms with Crippen LogP contribution in [-0.4, -0.2) is 13.0 Å². The van der Waals surface area contributed by atoms with Gasteiger partial charge in [-0.25, -0.2) is 8.78 Å². The molecule has 1 amide bonds. The number of hydrogen-bond acceptors (Lipinski definition) is 2. The van der Waals surface area contributed by atoms with E-state index in [4.69, 9.17) is 4.74 Å². The van der Waals surface area contributed by atoms with Gasteiger partial charge in [0.1, 0.15) is 17.4 Å². The highest BCUT2D eigenvalue weighted by Crippen LogP contribution is 2.18. The molecule has 2 aromatic carbocycles. The topological polar surface area (TPSA) is 38.3 Å². The van der Waals surface area contributed by atoms with Gasteiger partial charge in [-0.2, -0.15) is 0 Å². The first kappa shape index (κ1) is 15.0. The summed E-state index contributed by atoms with van der Waals surface area (Å²) in [6, 6.07) is 9.72. The van der Waals surface area contributed by atoms with Crippen molar-refractivity contribution in [1.82, 2.24) is 5.32 Å². The van der Waals surface area contributed by atoms with Gasteiger partial charge < -0.3 is 10.1 Å². The number of methoxy groups -OCH3 is 1. The molecule has 0 aliphatic heterocycles. The first-order valence-corrected chi connectivity index (χ1v) is 6.41. The van der Waals surface area contributed by atoms with E-state index >= 15 is 0 Å². The molecule has 0 aliphatic rings. The lowest BCUT2D eigenvalue weighted by Gasteiger charge is -2.15. The van der Waals surface area contributed by atoms with Crippen LogP contribution in [0, 0.1) is 11.6 Å². The zero-order valence-electron chi connectivity index (χ0n) is 11.7. The first-order chi connectivity index (χ1) is 10.0. The summed E-state index contributed by atoms with van der Waals surface area (Å²) in [5.41, 5.74) is 0.670. The van der Waals surface area contributed by atoms with Gasteiger partial charge in [0.2, 0.25) is 0 Å². The lowest BCUT2D eigenvalue weighted by Crippen LogP contribution is -2.27. The monoisotopic (exact) mass is 291 g/mol. The van der Waals surface area contributed by atoms with E-state index in [9.17, 15) is 13.6 Å². The van der Waals surface area contributed by atoms with Crippen molar-refractivity contribution in [3.63, 3.8) is 0 Å². The van der Waals surface area contributed by atoms with Crippen molar-refractivity contribution < 1.29 is 18.3 Å². The van der Waals surface area contributed by atoms with E-state index in [1.165, 1.54) is 0 Å². The van der Waals surface area contributed by atoms with Gasteiger partial charge in [-0.3, -0.25) is 4.79 Å². The fourth-order valence-corrected chi connectivity index (χ4v) is 1.92. The predicted octanol–water partition coefficient (Wildman–Crippen LogP) is 3.46. The molecule has 1 atom stereocenters. The molecule has 0 aliphatic carbocycles. The first-order valence-electron chi connectivity index (χ1n) is 6.41. The third kappa shape index (κ3) is 3.56. The second kappa shape index (κ2) is 6.35. The van der Waals surface area contributed by atoms with Crippen molar-refractivity contribution in [3.05, 3.63) is 65.2 Å². The summed E-state index contributed by atoms with van der Waals surface area (Å²) in [6.45, 7) is 1.78. The Balaban J connectivity index is 2.10. The Morgan fingerprint density at radius 3 is 2.38 bits per heavy atom. The van der Waals surface area contributed by atoms with Crippen LogP contribution < -0.4 is 10.1 Å². The quantitative estimate of drug-likeness (QED) is 0.936. The van der Waals surface area contributed by atoms with Crippen molar-refractivity contribution in [2.45, 2.75) is 13.0 Å². The molecule has 2 rings (SSSR count). The van der Waals surface area contributed by atoms with Crippen molar-refractivity contribution in [3.8, 4) is 5.75 Å². The molecule has 0 fully saturated rings. The standard InChI is InChI=1S/C16H15F2NO2/c1-10(11-3-6-13(21-2)7-4-11)19-16(20)14-8-5-12(17)9-15(14)18/h3-10H,1-2H3,(H,19,20)/t10-/m0/s1. The number of carbonyl (C=O) groups is 1. The van der Waals surface area contributed by atoms with Gasteiger partial charge in [0.25, 0.3) is 5.91 Å². The average molecular weight is 291 g/mol. The molecule has 0 aromatic heterocycles. The highest BCUT2D eigenvalue weighted by Gasteiger charge is 2.15. The Bertz CT molecular complexity index is 641. The fourth-order valence-electron chi connectivity index (χ4n) is 1.92. The third-order valence-electron chi connectivity index (χ3n) is 3.14. The number of carbonyl (C=O) groups excluding carboxylic acids is 1. The van der Waals surface area contributed by atoms with Crippen LogP contribution in [0.4, 0.5) is 8.78 Å². The molecule has 0 saturated carbocycles. The van der Waals surface area contributed by atoms with E-state index in [1.54, 1.807) is 26.2 Å². The molecule has 1 N–H and O–H groups in total. The van der Waals surface area contributed by atoms with E-state index in [0.29, 0.717) is 11.8 Å². The van der Waals surface area contributed by atoms with Crippen LogP contribution in [0.1, 0.15) is 28.9 Å². The molecule has 0 bridgehead atoms. The van der Waals surface area contributed by atoms with Gasteiger partial charge in [0.05, 0.1) is 18.7 Å². The summed E-state index contributed by atoms with van der Waals surface area (Å²) >= 11 is 0. The highest BCUT2D eigenvalue weighted by atomic mass is 19.1. The number of benzene rings is 2. The van der Waals surface area contributed by atoms with Gasteiger partial charge in [-0.15, -0.1) is 0 Å². The molecule has 0 radical (unpaired) electrons. The molecular weight excluding hydrogens is 276 g/mol. The number of hydrogen-bond donors (Lipinski definition) is 1. The smallest absolute Gasteiger partial charge is 0.254 e. The normalized spacial score (nSPS) is 11.8. The van der Waals surface area contributed by atoms with Crippen molar-refractivity contribution in [2.75, 3.05) is 7.11 Å². The van der Waals surface area contributed by atoms with E-state index in [2.05, 4.69) is 5.32 Å². The van der Waals surface area contributed by atoms with Gasteiger partial charge in [0.15, 0.2) is 0 Å². The molecule has 21 heavy (non-hydrogen) atoms. The Kier molecular flexibility index (Phi) is 4.52. The molecule has 0 heterocycles. The van der Waals surface area contributed by atoms with Crippen LogP contribution in [0.5, 0.6) is 5.75 Å². The Hall–Kier alpha value is -2.43. The van der Waals surface area contributed by atoms with Crippen LogP contribution in [0.3, 0.4) is 0 Å². The van der Waals surface area contributed by atoms with E-state index in [0.717, 1.165) is 17.7 Å². The second-order valence-electron chi connectivity index (χ2n) is 4.59. The Morgan fingerprint density at radius 1 is 1.14 bits per heavy atom. The average Bonchev–Trinajstić information content (AvgIpc) is 2.47. The van der Waals surface area contributed by atoms with Gasteiger partial charge in [0, 0.05) is 6.07 Å². The molecule has 0 unspecified atom stereocenters. The molecule has 3 nitrogen and oxygen atoms in total. The van der Waals surface area contributed by atoms with E-state index < -0.39 is 17.5 Å². The summed E-state index contributed by atoms with van der Waals surface area (Å²) in [5.74, 6) is -1.47. The number of amides is 1. The van der Waals surface area contributed by atoms with Crippen molar-refractivity contribution in [2.24, 2.45) is 0 Å². The van der Waals surface area contributed by atoms with Crippen LogP contribution in [-0.2, 0) is 0 Å². The molecule has 5 heteroatoms.